The maximum Gasteiger partial charge on any atom is 0.343 e. The lowest BCUT2D eigenvalue weighted by molar-refractivity contribution is -0.206. The maximum absolute atomic E-state index is 12.7. The number of hydrogen-bond acceptors (Lipinski definition) is 6. The first-order valence-electron chi connectivity index (χ1n) is 15.9. The molecule has 6 heteroatoms. The number of carbonyl (C=O) groups is 2. The third kappa shape index (κ3) is 11.6. The lowest BCUT2D eigenvalue weighted by Gasteiger charge is -2.29. The van der Waals surface area contributed by atoms with Crippen LogP contribution >= 0.6 is 0 Å². The highest BCUT2D eigenvalue weighted by atomic mass is 16.7. The van der Waals surface area contributed by atoms with E-state index in [2.05, 4.69) is 13.8 Å². The maximum atomic E-state index is 12.7. The molecule has 0 aliphatic carbocycles. The number of benzene rings is 2. The molecule has 6 nitrogen and oxygen atoms in total. The predicted octanol–water partition coefficient (Wildman–Crippen LogP) is 9.22. The van der Waals surface area contributed by atoms with Gasteiger partial charge in [0.15, 0.2) is 6.29 Å². The van der Waals surface area contributed by atoms with Crippen LogP contribution in [0.3, 0.4) is 0 Å². The molecule has 0 amide bonds. The van der Waals surface area contributed by atoms with E-state index in [4.69, 9.17) is 18.9 Å². The van der Waals surface area contributed by atoms with Gasteiger partial charge in [-0.2, -0.15) is 0 Å². The van der Waals surface area contributed by atoms with E-state index in [0.29, 0.717) is 36.0 Å². The van der Waals surface area contributed by atoms with Gasteiger partial charge < -0.3 is 18.9 Å². The van der Waals surface area contributed by atoms with E-state index in [-0.39, 0.29) is 12.1 Å². The molecule has 0 radical (unpaired) electrons. The van der Waals surface area contributed by atoms with Crippen LogP contribution in [-0.4, -0.2) is 31.3 Å². The Kier molecular flexibility index (Phi) is 14.9. The Morgan fingerprint density at radius 1 is 0.732 bits per heavy atom. The third-order valence-electron chi connectivity index (χ3n) is 7.76. The normalized spacial score (nSPS) is 17.6. The monoisotopic (exact) mass is 566 g/mol. The molecule has 0 bridgehead atoms. The molecule has 1 heterocycles. The van der Waals surface area contributed by atoms with Crippen molar-refractivity contribution in [3.05, 3.63) is 65.2 Å². The SMILES string of the molecule is CCCCCCCCC1COC(c2ccc(C(=O)Oc3ccc(C(=O)OC(CC)CCCCCC)cc3)cc2)OC1. The van der Waals surface area contributed by atoms with Crippen LogP contribution in [0.25, 0.3) is 0 Å². The minimum absolute atomic E-state index is 0.0734. The average Bonchev–Trinajstić information content (AvgIpc) is 3.01. The fourth-order valence-electron chi connectivity index (χ4n) is 5.08. The average molecular weight is 567 g/mol. The van der Waals surface area contributed by atoms with E-state index < -0.39 is 12.3 Å². The lowest BCUT2D eigenvalue weighted by Crippen LogP contribution is -2.27. The molecule has 0 N–H and O–H groups in total. The van der Waals surface area contributed by atoms with Crippen molar-refractivity contribution < 1.29 is 28.5 Å². The number of ether oxygens (including phenoxy) is 4. The molecule has 0 spiro atoms. The standard InChI is InChI=1S/C35H50O6/c1-4-7-9-11-12-13-15-27-25-38-35(39-26-27)30-19-17-28(18-20-30)34(37)41-32-23-21-29(22-24-32)33(36)40-31(6-3)16-14-10-8-5-2/h17-24,27,31,35H,4-16,25-26H2,1-3H3. The minimum Gasteiger partial charge on any atom is -0.459 e. The molecule has 1 aliphatic rings. The molecule has 1 atom stereocenters. The first kappa shape index (κ1) is 32.8. The number of rotatable bonds is 18. The summed E-state index contributed by atoms with van der Waals surface area (Å²) in [5.41, 5.74) is 1.77. The summed E-state index contributed by atoms with van der Waals surface area (Å²) in [5, 5.41) is 0. The molecule has 41 heavy (non-hydrogen) atoms. The molecule has 1 aliphatic heterocycles. The Morgan fingerprint density at radius 3 is 1.93 bits per heavy atom. The molecule has 1 saturated heterocycles. The summed E-state index contributed by atoms with van der Waals surface area (Å²) in [5.74, 6) is 0.0114. The van der Waals surface area contributed by atoms with E-state index in [1.54, 1.807) is 36.4 Å². The molecule has 0 saturated carbocycles. The Labute approximate surface area is 247 Å². The molecular formula is C35H50O6. The summed E-state index contributed by atoms with van der Waals surface area (Å²) < 4.78 is 23.2. The number of esters is 2. The first-order chi connectivity index (χ1) is 20.0. The van der Waals surface area contributed by atoms with E-state index in [0.717, 1.165) is 37.7 Å². The van der Waals surface area contributed by atoms with E-state index in [1.807, 2.05) is 19.1 Å². The molecule has 226 valence electrons. The fourth-order valence-corrected chi connectivity index (χ4v) is 5.08. The summed E-state index contributed by atoms with van der Waals surface area (Å²) >= 11 is 0. The van der Waals surface area contributed by atoms with Crippen molar-refractivity contribution >= 4 is 11.9 Å². The lowest BCUT2D eigenvalue weighted by atomic mass is 10.0. The first-order valence-corrected chi connectivity index (χ1v) is 15.9. The van der Waals surface area contributed by atoms with E-state index in [1.165, 1.54) is 51.4 Å². The van der Waals surface area contributed by atoms with Gasteiger partial charge >= 0.3 is 11.9 Å². The number of unbranched alkanes of at least 4 members (excludes halogenated alkanes) is 8. The molecule has 1 fully saturated rings. The second-order valence-electron chi connectivity index (χ2n) is 11.2. The predicted molar refractivity (Wildman–Crippen MR) is 162 cm³/mol. The van der Waals surface area contributed by atoms with E-state index in [9.17, 15) is 9.59 Å². The highest BCUT2D eigenvalue weighted by molar-refractivity contribution is 5.92. The van der Waals surface area contributed by atoms with Crippen molar-refractivity contribution in [3.8, 4) is 5.75 Å². The minimum atomic E-state index is -0.463. The van der Waals surface area contributed by atoms with Gasteiger partial charge in [-0.05, 0) is 62.1 Å². The van der Waals surface area contributed by atoms with Gasteiger partial charge in [0.1, 0.15) is 11.9 Å². The van der Waals surface area contributed by atoms with Crippen LogP contribution < -0.4 is 4.74 Å². The molecule has 0 aromatic heterocycles. The van der Waals surface area contributed by atoms with Crippen molar-refractivity contribution in [1.82, 2.24) is 0 Å². The summed E-state index contributed by atoms with van der Waals surface area (Å²) in [7, 11) is 0. The third-order valence-corrected chi connectivity index (χ3v) is 7.76. The van der Waals surface area contributed by atoms with Crippen LogP contribution in [0.4, 0.5) is 0 Å². The van der Waals surface area contributed by atoms with Crippen molar-refractivity contribution in [3.63, 3.8) is 0 Å². The number of carbonyl (C=O) groups excluding carboxylic acids is 2. The van der Waals surface area contributed by atoms with E-state index >= 15 is 0 Å². The van der Waals surface area contributed by atoms with Gasteiger partial charge in [0.05, 0.1) is 24.3 Å². The molecular weight excluding hydrogens is 516 g/mol. The second kappa shape index (κ2) is 18.7. The van der Waals surface area contributed by atoms with Gasteiger partial charge in [0.2, 0.25) is 0 Å². The van der Waals surface area contributed by atoms with Crippen molar-refractivity contribution in [2.24, 2.45) is 5.92 Å². The Morgan fingerprint density at radius 2 is 1.29 bits per heavy atom. The largest absolute Gasteiger partial charge is 0.459 e. The summed E-state index contributed by atoms with van der Waals surface area (Å²) in [4.78, 5) is 25.3. The summed E-state index contributed by atoms with van der Waals surface area (Å²) in [6.07, 6.45) is 14.7. The van der Waals surface area contributed by atoms with Crippen molar-refractivity contribution in [2.45, 2.75) is 117 Å². The van der Waals surface area contributed by atoms with Crippen molar-refractivity contribution in [1.29, 1.82) is 0 Å². The van der Waals surface area contributed by atoms with Crippen LogP contribution in [0.2, 0.25) is 0 Å². The molecule has 1 unspecified atom stereocenters. The van der Waals surface area contributed by atoms with Gasteiger partial charge in [0.25, 0.3) is 0 Å². The zero-order valence-electron chi connectivity index (χ0n) is 25.4. The highest BCUT2D eigenvalue weighted by Crippen LogP contribution is 2.28. The van der Waals surface area contributed by atoms with Gasteiger partial charge in [0, 0.05) is 11.5 Å². The summed E-state index contributed by atoms with van der Waals surface area (Å²) in [6.45, 7) is 7.86. The van der Waals surface area contributed by atoms with Gasteiger partial charge in [-0.3, -0.25) is 0 Å². The van der Waals surface area contributed by atoms with Gasteiger partial charge in [-0.15, -0.1) is 0 Å². The zero-order chi connectivity index (χ0) is 29.3. The number of hydrogen-bond donors (Lipinski definition) is 0. The Balaban J connectivity index is 1.41. The fraction of sp³-hybridized carbons (Fsp3) is 0.600. The van der Waals surface area contributed by atoms with Gasteiger partial charge in [-0.25, -0.2) is 9.59 Å². The zero-order valence-corrected chi connectivity index (χ0v) is 25.4. The van der Waals surface area contributed by atoms with Crippen LogP contribution in [0.1, 0.15) is 137 Å². The van der Waals surface area contributed by atoms with Crippen LogP contribution in [0.15, 0.2) is 48.5 Å². The molecule has 2 aromatic carbocycles. The quantitative estimate of drug-likeness (QED) is 0.102. The van der Waals surface area contributed by atoms with Crippen LogP contribution in [0.5, 0.6) is 5.75 Å². The Hall–Kier alpha value is -2.70. The van der Waals surface area contributed by atoms with Crippen LogP contribution in [0, 0.1) is 5.92 Å². The van der Waals surface area contributed by atoms with Crippen LogP contribution in [-0.2, 0) is 14.2 Å². The molecule has 2 aromatic rings. The van der Waals surface area contributed by atoms with Gasteiger partial charge in [-0.1, -0.05) is 90.7 Å². The molecule has 3 rings (SSSR count). The van der Waals surface area contributed by atoms with Crippen molar-refractivity contribution in [2.75, 3.05) is 13.2 Å². The summed E-state index contributed by atoms with van der Waals surface area (Å²) in [6, 6.07) is 13.7. The topological polar surface area (TPSA) is 71.1 Å². The highest BCUT2D eigenvalue weighted by Gasteiger charge is 2.24. The smallest absolute Gasteiger partial charge is 0.343 e. The second-order valence-corrected chi connectivity index (χ2v) is 11.2. The Bertz CT molecular complexity index is 1010.